The second-order valence-corrected chi connectivity index (χ2v) is 4.25. The zero-order valence-corrected chi connectivity index (χ0v) is 10.8. The molecule has 100 valence electrons. The second-order valence-electron chi connectivity index (χ2n) is 4.25. The lowest BCUT2D eigenvalue weighted by Gasteiger charge is -2.09. The van der Waals surface area contributed by atoms with Crippen LogP contribution in [-0.4, -0.2) is 24.6 Å². The Labute approximate surface area is 111 Å². The van der Waals surface area contributed by atoms with Crippen LogP contribution in [0.2, 0.25) is 0 Å². The predicted molar refractivity (Wildman–Crippen MR) is 75.9 cm³/mol. The number of hydrogen-bond acceptors (Lipinski definition) is 4. The number of pyridine rings is 1. The Balaban J connectivity index is 2.17. The van der Waals surface area contributed by atoms with E-state index in [9.17, 15) is 4.79 Å². The smallest absolute Gasteiger partial charge is 0.224 e. The monoisotopic (exact) mass is 259 g/mol. The van der Waals surface area contributed by atoms with E-state index in [1.54, 1.807) is 25.4 Å². The molecule has 0 aliphatic heterocycles. The Kier molecular flexibility index (Phi) is 4.30. The van der Waals surface area contributed by atoms with Crippen LogP contribution in [0.3, 0.4) is 0 Å². The molecular formula is C14H17N3O2. The van der Waals surface area contributed by atoms with Gasteiger partial charge in [0.15, 0.2) is 0 Å². The summed E-state index contributed by atoms with van der Waals surface area (Å²) in [7, 11) is 1.62. The summed E-state index contributed by atoms with van der Waals surface area (Å²) in [5, 5.41) is 3.73. The van der Waals surface area contributed by atoms with Gasteiger partial charge in [0.25, 0.3) is 0 Å². The second kappa shape index (κ2) is 6.15. The first kappa shape index (κ1) is 13.3. The number of methoxy groups -OCH3 is 1. The van der Waals surface area contributed by atoms with Crippen molar-refractivity contribution < 1.29 is 9.53 Å². The molecule has 2 rings (SSSR count). The molecule has 2 aromatic rings. The van der Waals surface area contributed by atoms with Gasteiger partial charge in [0.05, 0.1) is 16.9 Å². The minimum absolute atomic E-state index is 0.0352. The van der Waals surface area contributed by atoms with E-state index in [4.69, 9.17) is 10.5 Å². The summed E-state index contributed by atoms with van der Waals surface area (Å²) in [5.74, 6) is -0.0352. The highest BCUT2D eigenvalue weighted by molar-refractivity contribution is 6.04. The Morgan fingerprint density at radius 2 is 2.26 bits per heavy atom. The molecule has 5 nitrogen and oxygen atoms in total. The molecule has 0 fully saturated rings. The van der Waals surface area contributed by atoms with Crippen LogP contribution in [0.25, 0.3) is 10.9 Å². The lowest BCUT2D eigenvalue weighted by atomic mass is 10.1. The summed E-state index contributed by atoms with van der Waals surface area (Å²) in [6, 6.07) is 7.26. The van der Waals surface area contributed by atoms with Gasteiger partial charge < -0.3 is 15.8 Å². The lowest BCUT2D eigenvalue weighted by Crippen LogP contribution is -2.12. The number of carbonyl (C=O) groups excluding carboxylic acids is 1. The van der Waals surface area contributed by atoms with Gasteiger partial charge in [0, 0.05) is 31.7 Å². The molecule has 0 spiro atoms. The van der Waals surface area contributed by atoms with E-state index in [0.29, 0.717) is 30.7 Å². The fraction of sp³-hybridized carbons (Fsp3) is 0.286. The van der Waals surface area contributed by atoms with Gasteiger partial charge in [-0.1, -0.05) is 0 Å². The number of nitrogens with one attached hydrogen (secondary N) is 1. The molecule has 1 aromatic carbocycles. The predicted octanol–water partition coefficient (Wildman–Crippen LogP) is 2.18. The average molecular weight is 259 g/mol. The number of nitrogen functional groups attached to an aromatic ring is 1. The lowest BCUT2D eigenvalue weighted by molar-refractivity contribution is -0.116. The Bertz CT molecular complexity index is 584. The van der Waals surface area contributed by atoms with Crippen LogP contribution in [0.5, 0.6) is 0 Å². The molecule has 5 heteroatoms. The minimum atomic E-state index is -0.0352. The summed E-state index contributed by atoms with van der Waals surface area (Å²) < 4.78 is 4.92. The van der Waals surface area contributed by atoms with Crippen molar-refractivity contribution in [3.63, 3.8) is 0 Å². The number of ether oxygens (including phenoxy) is 1. The molecule has 0 aliphatic rings. The number of anilines is 2. The number of rotatable bonds is 5. The summed E-state index contributed by atoms with van der Waals surface area (Å²) in [5.41, 5.74) is 7.91. The fourth-order valence-electron chi connectivity index (χ4n) is 1.89. The maximum absolute atomic E-state index is 11.8. The van der Waals surface area contributed by atoms with E-state index in [-0.39, 0.29) is 5.91 Å². The van der Waals surface area contributed by atoms with Crippen LogP contribution in [0.1, 0.15) is 12.8 Å². The summed E-state index contributed by atoms with van der Waals surface area (Å²) >= 11 is 0. The van der Waals surface area contributed by atoms with E-state index < -0.39 is 0 Å². The van der Waals surface area contributed by atoms with Gasteiger partial charge in [-0.2, -0.15) is 0 Å². The average Bonchev–Trinajstić information content (AvgIpc) is 2.43. The van der Waals surface area contributed by atoms with Crippen LogP contribution >= 0.6 is 0 Å². The molecule has 19 heavy (non-hydrogen) atoms. The van der Waals surface area contributed by atoms with Crippen LogP contribution < -0.4 is 11.1 Å². The van der Waals surface area contributed by atoms with Crippen molar-refractivity contribution in [2.75, 3.05) is 24.8 Å². The third kappa shape index (κ3) is 3.20. The van der Waals surface area contributed by atoms with Gasteiger partial charge in [-0.15, -0.1) is 0 Å². The van der Waals surface area contributed by atoms with Gasteiger partial charge >= 0.3 is 0 Å². The van der Waals surface area contributed by atoms with Crippen molar-refractivity contribution in [1.82, 2.24) is 4.98 Å². The van der Waals surface area contributed by atoms with Crippen molar-refractivity contribution in [2.24, 2.45) is 0 Å². The summed E-state index contributed by atoms with van der Waals surface area (Å²) in [6.07, 6.45) is 2.82. The Morgan fingerprint density at radius 3 is 3.05 bits per heavy atom. The standard InChI is InChI=1S/C14H17N3O2/c1-19-9-3-5-13(18)17-12-7-6-11(15)14-10(12)4-2-8-16-14/h2,4,6-8H,3,5,9,15H2,1H3,(H,17,18). The van der Waals surface area contributed by atoms with E-state index in [1.807, 2.05) is 12.1 Å². The zero-order valence-electron chi connectivity index (χ0n) is 10.8. The molecule has 1 aromatic heterocycles. The number of nitrogens with two attached hydrogens (primary N) is 1. The molecule has 0 radical (unpaired) electrons. The Hall–Kier alpha value is -2.14. The Morgan fingerprint density at radius 1 is 1.42 bits per heavy atom. The largest absolute Gasteiger partial charge is 0.397 e. The number of benzene rings is 1. The van der Waals surface area contributed by atoms with E-state index in [1.165, 1.54) is 0 Å². The summed E-state index contributed by atoms with van der Waals surface area (Å²) in [4.78, 5) is 16.0. The van der Waals surface area contributed by atoms with Crippen molar-refractivity contribution in [3.8, 4) is 0 Å². The van der Waals surface area contributed by atoms with Gasteiger partial charge in [-0.3, -0.25) is 9.78 Å². The highest BCUT2D eigenvalue weighted by Gasteiger charge is 2.08. The molecule has 0 unspecified atom stereocenters. The van der Waals surface area contributed by atoms with Crippen LogP contribution in [0.15, 0.2) is 30.5 Å². The first-order valence-electron chi connectivity index (χ1n) is 6.14. The number of nitrogens with zero attached hydrogens (tertiary/aromatic N) is 1. The van der Waals surface area contributed by atoms with Crippen LogP contribution in [-0.2, 0) is 9.53 Å². The summed E-state index contributed by atoms with van der Waals surface area (Å²) in [6.45, 7) is 0.581. The van der Waals surface area contributed by atoms with Gasteiger partial charge in [-0.25, -0.2) is 0 Å². The number of carbonyl (C=O) groups is 1. The molecule has 0 aliphatic carbocycles. The van der Waals surface area contributed by atoms with E-state index in [2.05, 4.69) is 10.3 Å². The van der Waals surface area contributed by atoms with E-state index in [0.717, 1.165) is 11.1 Å². The molecule has 0 bridgehead atoms. The maximum Gasteiger partial charge on any atom is 0.224 e. The molecule has 3 N–H and O–H groups in total. The SMILES string of the molecule is COCCCC(=O)Nc1ccc(N)c2ncccc12. The van der Waals surface area contributed by atoms with Gasteiger partial charge in [-0.05, 0) is 30.7 Å². The topological polar surface area (TPSA) is 77.2 Å². The first-order valence-corrected chi connectivity index (χ1v) is 6.14. The highest BCUT2D eigenvalue weighted by Crippen LogP contribution is 2.26. The van der Waals surface area contributed by atoms with E-state index >= 15 is 0 Å². The molecular weight excluding hydrogens is 242 g/mol. The number of hydrogen-bond donors (Lipinski definition) is 2. The molecule has 0 saturated carbocycles. The maximum atomic E-state index is 11.8. The van der Waals surface area contributed by atoms with Crippen molar-refractivity contribution in [1.29, 1.82) is 0 Å². The fourth-order valence-corrected chi connectivity index (χ4v) is 1.89. The number of amides is 1. The third-order valence-electron chi connectivity index (χ3n) is 2.83. The highest BCUT2D eigenvalue weighted by atomic mass is 16.5. The van der Waals surface area contributed by atoms with Gasteiger partial charge in [0.1, 0.15) is 0 Å². The number of aromatic nitrogens is 1. The zero-order chi connectivity index (χ0) is 13.7. The first-order chi connectivity index (χ1) is 9.22. The molecule has 1 amide bonds. The van der Waals surface area contributed by atoms with Crippen LogP contribution in [0, 0.1) is 0 Å². The van der Waals surface area contributed by atoms with Crippen LogP contribution in [0.4, 0.5) is 11.4 Å². The minimum Gasteiger partial charge on any atom is -0.397 e. The molecule has 1 heterocycles. The van der Waals surface area contributed by atoms with Gasteiger partial charge in [0.2, 0.25) is 5.91 Å². The normalized spacial score (nSPS) is 10.6. The van der Waals surface area contributed by atoms with Crippen molar-refractivity contribution >= 4 is 28.2 Å². The molecule has 0 atom stereocenters. The quantitative estimate of drug-likeness (QED) is 0.637. The van der Waals surface area contributed by atoms with Crippen molar-refractivity contribution in [2.45, 2.75) is 12.8 Å². The number of fused-ring (bicyclic) bond motifs is 1. The molecule has 0 saturated heterocycles. The van der Waals surface area contributed by atoms with Crippen molar-refractivity contribution in [3.05, 3.63) is 30.5 Å². The third-order valence-corrected chi connectivity index (χ3v) is 2.83.